The van der Waals surface area contributed by atoms with Gasteiger partial charge in [0.25, 0.3) is 0 Å². The molecule has 0 heterocycles. The quantitative estimate of drug-likeness (QED) is 0.764. The highest BCUT2D eigenvalue weighted by molar-refractivity contribution is 5.85. The normalized spacial score (nSPS) is 15.4. The minimum atomic E-state index is -6.32. The van der Waals surface area contributed by atoms with Crippen LogP contribution in [-0.2, 0) is 0 Å². The SMILES string of the molecule is Cl.NC(CO)CCC(F)(F)C(F)(F)C(F)(F)F. The van der Waals surface area contributed by atoms with E-state index < -0.39 is 43.5 Å². The second kappa shape index (κ2) is 6.05. The standard InChI is InChI=1S/C7H10F7NO.ClH/c8-5(9,2-1-4(15)3-16)6(10,11)7(12,13)14;/h4,16H,1-3,15H2;1H. The second-order valence-corrected chi connectivity index (χ2v) is 3.26. The molecule has 2 nitrogen and oxygen atoms in total. The van der Waals surface area contributed by atoms with E-state index in [9.17, 15) is 30.7 Å². The van der Waals surface area contributed by atoms with E-state index >= 15 is 0 Å². The van der Waals surface area contributed by atoms with Crippen LogP contribution in [0.1, 0.15) is 12.8 Å². The first-order valence-corrected chi connectivity index (χ1v) is 4.14. The third-order valence-corrected chi connectivity index (χ3v) is 1.88. The van der Waals surface area contributed by atoms with Crippen molar-refractivity contribution in [2.45, 2.75) is 36.9 Å². The van der Waals surface area contributed by atoms with E-state index in [4.69, 9.17) is 10.8 Å². The van der Waals surface area contributed by atoms with Crippen molar-refractivity contribution in [2.75, 3.05) is 6.61 Å². The molecule has 106 valence electrons. The summed E-state index contributed by atoms with van der Waals surface area (Å²) in [5.74, 6) is -11.3. The molecule has 0 bridgehead atoms. The highest BCUT2D eigenvalue weighted by Crippen LogP contribution is 2.48. The lowest BCUT2D eigenvalue weighted by atomic mass is 10.0. The molecule has 0 aromatic carbocycles. The van der Waals surface area contributed by atoms with E-state index in [0.29, 0.717) is 0 Å². The summed E-state index contributed by atoms with van der Waals surface area (Å²) < 4.78 is 84.6. The molecule has 0 fully saturated rings. The van der Waals surface area contributed by atoms with Gasteiger partial charge in [0.15, 0.2) is 0 Å². The summed E-state index contributed by atoms with van der Waals surface area (Å²) in [6.45, 7) is -0.770. The van der Waals surface area contributed by atoms with Gasteiger partial charge in [0.05, 0.1) is 6.61 Å². The van der Waals surface area contributed by atoms with Gasteiger partial charge in [-0.1, -0.05) is 0 Å². The van der Waals surface area contributed by atoms with Crippen LogP contribution in [0.15, 0.2) is 0 Å². The van der Waals surface area contributed by atoms with Gasteiger partial charge in [-0.15, -0.1) is 12.4 Å². The van der Waals surface area contributed by atoms with Crippen molar-refractivity contribution in [1.29, 1.82) is 0 Å². The monoisotopic (exact) mass is 293 g/mol. The summed E-state index contributed by atoms with van der Waals surface area (Å²) in [7, 11) is 0. The molecule has 17 heavy (non-hydrogen) atoms. The molecule has 0 saturated heterocycles. The highest BCUT2D eigenvalue weighted by atomic mass is 35.5. The van der Waals surface area contributed by atoms with E-state index in [1.54, 1.807) is 0 Å². The number of aliphatic hydroxyl groups is 1. The van der Waals surface area contributed by atoms with Gasteiger partial charge in [-0.3, -0.25) is 0 Å². The molecule has 0 aliphatic rings. The molecule has 0 saturated carbocycles. The molecule has 0 aromatic heterocycles. The number of rotatable bonds is 5. The predicted molar refractivity (Wildman–Crippen MR) is 47.5 cm³/mol. The molecule has 0 aromatic rings. The zero-order valence-corrected chi connectivity index (χ0v) is 9.09. The van der Waals surface area contributed by atoms with Crippen LogP contribution in [0, 0.1) is 0 Å². The average molecular weight is 294 g/mol. The minimum absolute atomic E-state index is 0. The molecule has 3 N–H and O–H groups in total. The molecule has 0 amide bonds. The smallest absolute Gasteiger partial charge is 0.395 e. The van der Waals surface area contributed by atoms with E-state index in [1.165, 1.54) is 0 Å². The summed E-state index contributed by atoms with van der Waals surface area (Å²) in [5, 5.41) is 8.31. The second-order valence-electron chi connectivity index (χ2n) is 3.26. The Bertz CT molecular complexity index is 233. The van der Waals surface area contributed by atoms with E-state index in [1.807, 2.05) is 0 Å². The predicted octanol–water partition coefficient (Wildman–Crippen LogP) is 2.34. The van der Waals surface area contributed by atoms with Crippen molar-refractivity contribution in [2.24, 2.45) is 5.73 Å². The molecule has 0 aliphatic heterocycles. The van der Waals surface area contributed by atoms with Crippen LogP contribution in [-0.4, -0.2) is 35.8 Å². The summed E-state index contributed by atoms with van der Waals surface area (Å²) in [5.41, 5.74) is 4.92. The lowest BCUT2D eigenvalue weighted by Gasteiger charge is -2.28. The Morgan fingerprint density at radius 2 is 1.41 bits per heavy atom. The average Bonchev–Trinajstić information content (AvgIpc) is 2.12. The van der Waals surface area contributed by atoms with Crippen LogP contribution in [0.25, 0.3) is 0 Å². The van der Waals surface area contributed by atoms with E-state index in [0.717, 1.165) is 0 Å². The van der Waals surface area contributed by atoms with Crippen molar-refractivity contribution in [3.8, 4) is 0 Å². The van der Waals surface area contributed by atoms with Crippen molar-refractivity contribution in [3.63, 3.8) is 0 Å². The molecule has 10 heteroatoms. The maximum atomic E-state index is 12.6. The Morgan fingerprint density at radius 1 is 1.00 bits per heavy atom. The first-order chi connectivity index (χ1) is 6.95. The maximum absolute atomic E-state index is 12.6. The van der Waals surface area contributed by atoms with Crippen LogP contribution < -0.4 is 5.73 Å². The molecule has 0 spiro atoms. The number of alkyl halides is 7. The van der Waals surface area contributed by atoms with Gasteiger partial charge in [0.2, 0.25) is 0 Å². The third-order valence-electron chi connectivity index (χ3n) is 1.88. The zero-order chi connectivity index (χ0) is 13.2. The summed E-state index contributed by atoms with van der Waals surface area (Å²) in [6, 6.07) is -1.25. The fourth-order valence-corrected chi connectivity index (χ4v) is 0.822. The Morgan fingerprint density at radius 3 is 1.71 bits per heavy atom. The topological polar surface area (TPSA) is 46.2 Å². The van der Waals surface area contributed by atoms with Crippen LogP contribution in [0.5, 0.6) is 0 Å². The Labute approximate surface area is 98.4 Å². The largest absolute Gasteiger partial charge is 0.459 e. The number of halogens is 8. The van der Waals surface area contributed by atoms with Gasteiger partial charge in [-0.2, -0.15) is 30.7 Å². The third kappa shape index (κ3) is 4.47. The number of hydrogen-bond donors (Lipinski definition) is 2. The summed E-state index contributed by atoms with van der Waals surface area (Å²) >= 11 is 0. The molecule has 0 radical (unpaired) electrons. The summed E-state index contributed by atoms with van der Waals surface area (Å²) in [4.78, 5) is 0. The molecular weight excluding hydrogens is 283 g/mol. The number of nitrogens with two attached hydrogens (primary N) is 1. The fourth-order valence-electron chi connectivity index (χ4n) is 0.822. The van der Waals surface area contributed by atoms with Crippen LogP contribution in [0.4, 0.5) is 30.7 Å². The minimum Gasteiger partial charge on any atom is -0.395 e. The van der Waals surface area contributed by atoms with Crippen LogP contribution in [0.3, 0.4) is 0 Å². The first-order valence-electron chi connectivity index (χ1n) is 4.14. The Hall–Kier alpha value is -0.280. The number of hydrogen-bond acceptors (Lipinski definition) is 2. The molecule has 1 atom stereocenters. The van der Waals surface area contributed by atoms with E-state index in [-0.39, 0.29) is 12.4 Å². The van der Waals surface area contributed by atoms with Crippen molar-refractivity contribution in [1.82, 2.24) is 0 Å². The van der Waals surface area contributed by atoms with Gasteiger partial charge < -0.3 is 10.8 Å². The molecule has 0 aliphatic carbocycles. The van der Waals surface area contributed by atoms with Gasteiger partial charge in [-0.25, -0.2) is 0 Å². The van der Waals surface area contributed by atoms with Crippen molar-refractivity contribution < 1.29 is 35.8 Å². The Kier molecular flexibility index (Phi) is 6.79. The lowest BCUT2D eigenvalue weighted by molar-refractivity contribution is -0.355. The number of aliphatic hydroxyl groups excluding tert-OH is 1. The molecule has 1 unspecified atom stereocenters. The zero-order valence-electron chi connectivity index (χ0n) is 8.28. The maximum Gasteiger partial charge on any atom is 0.459 e. The van der Waals surface area contributed by atoms with Gasteiger partial charge in [-0.05, 0) is 6.42 Å². The van der Waals surface area contributed by atoms with Gasteiger partial charge >= 0.3 is 18.0 Å². The lowest BCUT2D eigenvalue weighted by Crippen LogP contribution is -2.52. The van der Waals surface area contributed by atoms with Crippen molar-refractivity contribution >= 4 is 12.4 Å². The summed E-state index contributed by atoms with van der Waals surface area (Å²) in [6.07, 6.45) is -8.91. The van der Waals surface area contributed by atoms with E-state index in [2.05, 4.69) is 0 Å². The Balaban J connectivity index is 0. The highest BCUT2D eigenvalue weighted by Gasteiger charge is 2.72. The van der Waals surface area contributed by atoms with Gasteiger partial charge in [0, 0.05) is 12.5 Å². The van der Waals surface area contributed by atoms with Crippen molar-refractivity contribution in [3.05, 3.63) is 0 Å². The van der Waals surface area contributed by atoms with Crippen LogP contribution in [0.2, 0.25) is 0 Å². The molecule has 0 rings (SSSR count). The first kappa shape index (κ1) is 19.1. The molecular formula is C7H11ClF7NO. The van der Waals surface area contributed by atoms with Gasteiger partial charge in [0.1, 0.15) is 0 Å². The van der Waals surface area contributed by atoms with Crippen LogP contribution >= 0.6 is 12.4 Å². The fraction of sp³-hybridized carbons (Fsp3) is 1.00.